The zero-order valence-electron chi connectivity index (χ0n) is 15.2. The highest BCUT2D eigenvalue weighted by Crippen LogP contribution is 2.20. The Morgan fingerprint density at radius 1 is 1.15 bits per heavy atom. The lowest BCUT2D eigenvalue weighted by Crippen LogP contribution is -2.62. The van der Waals surface area contributed by atoms with Crippen LogP contribution in [0.2, 0.25) is 0 Å². The van der Waals surface area contributed by atoms with Gasteiger partial charge in [0.2, 0.25) is 0 Å². The summed E-state index contributed by atoms with van der Waals surface area (Å²) in [6.07, 6.45) is 4.63. The van der Waals surface area contributed by atoms with Crippen LogP contribution in [0.1, 0.15) is 16.9 Å². The van der Waals surface area contributed by atoms with Crippen LogP contribution in [0.5, 0.6) is 0 Å². The highest BCUT2D eigenvalue weighted by atomic mass is 32.1. The van der Waals surface area contributed by atoms with E-state index in [-0.39, 0.29) is 19.2 Å². The molecule has 0 bridgehead atoms. The Labute approximate surface area is 164 Å². The van der Waals surface area contributed by atoms with Crippen LogP contribution >= 0.6 is 11.3 Å². The summed E-state index contributed by atoms with van der Waals surface area (Å²) < 4.78 is 6.41. The molecule has 4 rings (SSSR count). The van der Waals surface area contributed by atoms with E-state index < -0.39 is 0 Å². The Balaban J connectivity index is 1.50. The second-order valence-electron chi connectivity index (χ2n) is 7.09. The average Bonchev–Trinajstić information content (AvgIpc) is 3.22. The second kappa shape index (κ2) is 8.80. The van der Waals surface area contributed by atoms with E-state index in [9.17, 15) is 0 Å². The van der Waals surface area contributed by atoms with Gasteiger partial charge in [0.15, 0.2) is 0 Å². The van der Waals surface area contributed by atoms with E-state index in [0.29, 0.717) is 6.04 Å². The van der Waals surface area contributed by atoms with E-state index in [0.717, 1.165) is 24.7 Å². The summed E-state index contributed by atoms with van der Waals surface area (Å²) in [5.41, 5.74) is 10.9. The predicted molar refractivity (Wildman–Crippen MR) is 112 cm³/mol. The van der Waals surface area contributed by atoms with Gasteiger partial charge in [-0.25, -0.2) is 0 Å². The number of hydrogen-bond acceptors (Lipinski definition) is 5. The number of aromatic nitrogens is 1. The second-order valence-corrected chi connectivity index (χ2v) is 8.06. The SMILES string of the molecule is N[C@@H](Cc1ccccc1)[C@@H]1CC(Cc2cncs2)NB(c2ccccc2)O1. The quantitative estimate of drug-likeness (QED) is 0.648. The number of hydrogen-bond donors (Lipinski definition) is 2. The fourth-order valence-electron chi connectivity index (χ4n) is 3.66. The maximum Gasteiger partial charge on any atom is 0.416 e. The van der Waals surface area contributed by atoms with Crippen molar-refractivity contribution in [2.45, 2.75) is 37.5 Å². The first kappa shape index (κ1) is 18.4. The molecular weight excluding hydrogens is 353 g/mol. The molecule has 0 saturated carbocycles. The highest BCUT2D eigenvalue weighted by molar-refractivity contribution is 7.09. The first-order valence-electron chi connectivity index (χ1n) is 9.41. The Hall–Kier alpha value is -1.99. The first-order valence-corrected chi connectivity index (χ1v) is 10.3. The van der Waals surface area contributed by atoms with Crippen molar-refractivity contribution in [2.75, 3.05) is 0 Å². The topological polar surface area (TPSA) is 60.2 Å². The summed E-state index contributed by atoms with van der Waals surface area (Å²) in [6, 6.07) is 21.0. The van der Waals surface area contributed by atoms with Crippen LogP contribution in [-0.2, 0) is 17.5 Å². The Kier molecular flexibility index (Phi) is 5.99. The van der Waals surface area contributed by atoms with Gasteiger partial charge >= 0.3 is 7.05 Å². The van der Waals surface area contributed by atoms with Gasteiger partial charge in [0.05, 0.1) is 11.6 Å². The van der Waals surface area contributed by atoms with Crippen molar-refractivity contribution in [1.29, 1.82) is 0 Å². The Morgan fingerprint density at radius 2 is 1.89 bits per heavy atom. The molecule has 1 aromatic heterocycles. The molecule has 0 aliphatic carbocycles. The van der Waals surface area contributed by atoms with Crippen LogP contribution in [0.4, 0.5) is 0 Å². The third-order valence-electron chi connectivity index (χ3n) is 5.04. The minimum absolute atomic E-state index is 0.00887. The zero-order valence-corrected chi connectivity index (χ0v) is 16.0. The predicted octanol–water partition coefficient (Wildman–Crippen LogP) is 2.40. The number of nitrogens with zero attached hydrogens (tertiary/aromatic N) is 1. The van der Waals surface area contributed by atoms with E-state index in [4.69, 9.17) is 10.4 Å². The van der Waals surface area contributed by atoms with Gasteiger partial charge < -0.3 is 15.6 Å². The summed E-state index contributed by atoms with van der Waals surface area (Å²) in [4.78, 5) is 5.50. The lowest BCUT2D eigenvalue weighted by Gasteiger charge is -2.38. The van der Waals surface area contributed by atoms with E-state index in [1.165, 1.54) is 10.4 Å². The van der Waals surface area contributed by atoms with Crippen molar-refractivity contribution in [3.05, 3.63) is 82.8 Å². The molecule has 3 atom stereocenters. The third-order valence-corrected chi connectivity index (χ3v) is 5.84. The minimum atomic E-state index is -0.135. The fourth-order valence-corrected chi connectivity index (χ4v) is 4.33. The smallest absolute Gasteiger partial charge is 0.413 e. The monoisotopic (exact) mass is 377 g/mol. The molecule has 2 heterocycles. The molecule has 1 fully saturated rings. The largest absolute Gasteiger partial charge is 0.416 e. The number of thiazole rings is 1. The summed E-state index contributed by atoms with van der Waals surface area (Å²) in [5, 5.41) is 3.66. The summed E-state index contributed by atoms with van der Waals surface area (Å²) in [5.74, 6) is 0. The van der Waals surface area contributed by atoms with Crippen molar-refractivity contribution in [3.63, 3.8) is 0 Å². The highest BCUT2D eigenvalue weighted by Gasteiger charge is 2.36. The van der Waals surface area contributed by atoms with Gasteiger partial charge in [-0.05, 0) is 30.3 Å². The maximum atomic E-state index is 6.59. The number of nitrogens with two attached hydrogens (primary N) is 1. The van der Waals surface area contributed by atoms with Gasteiger partial charge in [-0.15, -0.1) is 11.3 Å². The Morgan fingerprint density at radius 3 is 2.59 bits per heavy atom. The minimum Gasteiger partial charge on any atom is -0.413 e. The molecular formula is C21H24BN3OS. The summed E-state index contributed by atoms with van der Waals surface area (Å²) in [7, 11) is -0.135. The van der Waals surface area contributed by atoms with E-state index in [1.807, 2.05) is 36.0 Å². The van der Waals surface area contributed by atoms with E-state index in [1.54, 1.807) is 11.3 Å². The van der Waals surface area contributed by atoms with Crippen LogP contribution in [0.15, 0.2) is 72.4 Å². The molecule has 0 amide bonds. The molecule has 1 saturated heterocycles. The average molecular weight is 377 g/mol. The Bertz CT molecular complexity index is 816. The van der Waals surface area contributed by atoms with E-state index in [2.05, 4.69) is 46.6 Å². The number of nitrogens with one attached hydrogen (secondary N) is 1. The van der Waals surface area contributed by atoms with Gasteiger partial charge in [-0.1, -0.05) is 60.7 Å². The van der Waals surface area contributed by atoms with Crippen molar-refractivity contribution in [1.82, 2.24) is 10.2 Å². The van der Waals surface area contributed by atoms with Crippen LogP contribution in [0.25, 0.3) is 0 Å². The molecule has 4 nitrogen and oxygen atoms in total. The summed E-state index contributed by atoms with van der Waals surface area (Å²) in [6.45, 7) is 0. The van der Waals surface area contributed by atoms with Crippen molar-refractivity contribution < 1.29 is 4.65 Å². The van der Waals surface area contributed by atoms with Gasteiger partial charge in [0.1, 0.15) is 0 Å². The molecule has 2 aromatic carbocycles. The molecule has 0 spiro atoms. The lowest BCUT2D eigenvalue weighted by atomic mass is 9.69. The van der Waals surface area contributed by atoms with Crippen LogP contribution in [0, 0.1) is 0 Å². The third kappa shape index (κ3) is 4.84. The molecule has 0 radical (unpaired) electrons. The molecule has 3 aromatic rings. The normalized spacial score (nSPS) is 21.1. The molecule has 6 heteroatoms. The van der Waals surface area contributed by atoms with Gasteiger partial charge in [-0.2, -0.15) is 0 Å². The van der Waals surface area contributed by atoms with Gasteiger partial charge in [0.25, 0.3) is 0 Å². The molecule has 1 aliphatic heterocycles. The molecule has 138 valence electrons. The molecule has 27 heavy (non-hydrogen) atoms. The standard InChI is InChI=1S/C21H24BN3OS/c23-20(11-16-7-3-1-4-8-16)21-13-18(12-19-14-24-15-27-19)25-22(26-21)17-9-5-2-6-10-17/h1-10,14-15,18,20-21,25H,11-13,23H2/t18?,20-,21-/m0/s1. The van der Waals surface area contributed by atoms with Gasteiger partial charge in [0, 0.05) is 23.2 Å². The number of benzene rings is 2. The first-order chi connectivity index (χ1) is 13.3. The zero-order chi connectivity index (χ0) is 18.5. The molecule has 1 unspecified atom stereocenters. The van der Waals surface area contributed by atoms with Crippen molar-refractivity contribution in [2.24, 2.45) is 5.73 Å². The maximum absolute atomic E-state index is 6.59. The van der Waals surface area contributed by atoms with Crippen LogP contribution < -0.4 is 16.4 Å². The van der Waals surface area contributed by atoms with Crippen molar-refractivity contribution >= 4 is 23.9 Å². The fraction of sp³-hybridized carbons (Fsp3) is 0.286. The van der Waals surface area contributed by atoms with E-state index >= 15 is 0 Å². The molecule has 3 N–H and O–H groups in total. The van der Waals surface area contributed by atoms with Crippen LogP contribution in [0.3, 0.4) is 0 Å². The lowest BCUT2D eigenvalue weighted by molar-refractivity contribution is 0.122. The van der Waals surface area contributed by atoms with Gasteiger partial charge in [-0.3, -0.25) is 4.98 Å². The number of rotatable bonds is 6. The summed E-state index contributed by atoms with van der Waals surface area (Å²) >= 11 is 1.70. The van der Waals surface area contributed by atoms with Crippen molar-refractivity contribution in [3.8, 4) is 0 Å². The van der Waals surface area contributed by atoms with Crippen LogP contribution in [-0.4, -0.2) is 30.2 Å². The molecule has 1 aliphatic rings.